The van der Waals surface area contributed by atoms with Gasteiger partial charge in [0.25, 0.3) is 10.0 Å². The first-order valence-electron chi connectivity index (χ1n) is 6.56. The minimum Gasteiger partial charge on any atom is -0.266 e. The zero-order valence-corrected chi connectivity index (χ0v) is 15.1. The number of nitrogens with zero attached hydrogens (tertiary/aromatic N) is 1. The van der Waals surface area contributed by atoms with Crippen LogP contribution in [-0.4, -0.2) is 15.0 Å². The minimum absolute atomic E-state index is 0.286. The van der Waals surface area contributed by atoms with E-state index in [0.29, 0.717) is 11.0 Å². The monoisotopic (exact) mass is 429 g/mol. The first kappa shape index (κ1) is 15.1. The molecule has 1 heterocycles. The Bertz CT molecular complexity index is 790. The lowest BCUT2D eigenvalue weighted by atomic mass is 10.0. The van der Waals surface area contributed by atoms with E-state index >= 15 is 0 Å². The highest BCUT2D eigenvalue weighted by Gasteiger charge is 2.30. The van der Waals surface area contributed by atoms with Gasteiger partial charge in [-0.3, -0.25) is 4.31 Å². The Hall–Kier alpha value is -0.850. The third-order valence-electron chi connectivity index (χ3n) is 3.53. The van der Waals surface area contributed by atoms with Crippen LogP contribution in [-0.2, 0) is 16.4 Å². The summed E-state index contributed by atoms with van der Waals surface area (Å²) >= 11 is 6.69. The van der Waals surface area contributed by atoms with Crippen molar-refractivity contribution in [1.29, 1.82) is 0 Å². The van der Waals surface area contributed by atoms with Crippen molar-refractivity contribution in [2.45, 2.75) is 17.7 Å². The predicted octanol–water partition coefficient (Wildman–Crippen LogP) is 4.35. The van der Waals surface area contributed by atoms with Crippen molar-refractivity contribution in [3.05, 3.63) is 57.0 Å². The summed E-state index contributed by atoms with van der Waals surface area (Å²) in [6.45, 7) is 0.512. The number of aryl methyl sites for hydroxylation is 1. The SMILES string of the molecule is O=S(=O)(c1cc(Br)ccc1Br)N1CCCc2ccccc21. The fourth-order valence-electron chi connectivity index (χ4n) is 2.54. The summed E-state index contributed by atoms with van der Waals surface area (Å²) < 4.78 is 28.8. The second-order valence-electron chi connectivity index (χ2n) is 4.88. The molecule has 2 aromatic rings. The van der Waals surface area contributed by atoms with Gasteiger partial charge in [-0.05, 0) is 58.6 Å². The van der Waals surface area contributed by atoms with Crippen LogP contribution in [0.1, 0.15) is 12.0 Å². The lowest BCUT2D eigenvalue weighted by molar-refractivity contribution is 0.586. The van der Waals surface area contributed by atoms with E-state index in [2.05, 4.69) is 31.9 Å². The summed E-state index contributed by atoms with van der Waals surface area (Å²) in [7, 11) is -3.57. The number of anilines is 1. The maximum absolute atomic E-state index is 13.0. The highest BCUT2D eigenvalue weighted by Crippen LogP contribution is 2.35. The molecule has 6 heteroatoms. The quantitative estimate of drug-likeness (QED) is 0.709. The van der Waals surface area contributed by atoms with Crippen LogP contribution in [0.25, 0.3) is 0 Å². The summed E-state index contributed by atoms with van der Waals surface area (Å²) in [5, 5.41) is 0. The maximum atomic E-state index is 13.0. The van der Waals surface area contributed by atoms with E-state index in [1.165, 1.54) is 4.31 Å². The van der Waals surface area contributed by atoms with Gasteiger partial charge < -0.3 is 0 Å². The van der Waals surface area contributed by atoms with Crippen molar-refractivity contribution in [3.8, 4) is 0 Å². The maximum Gasteiger partial charge on any atom is 0.265 e. The molecule has 0 saturated carbocycles. The normalized spacial score (nSPS) is 14.9. The third-order valence-corrected chi connectivity index (χ3v) is 6.83. The number of benzene rings is 2. The molecule has 0 saturated heterocycles. The van der Waals surface area contributed by atoms with Gasteiger partial charge in [0, 0.05) is 15.5 Å². The highest BCUT2D eigenvalue weighted by atomic mass is 79.9. The number of hydrogen-bond acceptors (Lipinski definition) is 2. The molecule has 0 bridgehead atoms. The van der Waals surface area contributed by atoms with Crippen LogP contribution in [0.4, 0.5) is 5.69 Å². The van der Waals surface area contributed by atoms with E-state index in [-0.39, 0.29) is 4.90 Å². The molecule has 0 unspecified atom stereocenters. The van der Waals surface area contributed by atoms with Gasteiger partial charge in [0.1, 0.15) is 4.90 Å². The lowest BCUT2D eigenvalue weighted by Crippen LogP contribution is -2.35. The van der Waals surface area contributed by atoms with Crippen molar-refractivity contribution in [3.63, 3.8) is 0 Å². The Labute approximate surface area is 141 Å². The second-order valence-corrected chi connectivity index (χ2v) is 8.48. The Morgan fingerprint density at radius 2 is 1.81 bits per heavy atom. The summed E-state index contributed by atoms with van der Waals surface area (Å²) in [5.74, 6) is 0. The first-order valence-corrected chi connectivity index (χ1v) is 9.58. The third kappa shape index (κ3) is 2.76. The molecule has 0 radical (unpaired) electrons. The fourth-order valence-corrected chi connectivity index (χ4v) is 5.55. The zero-order valence-electron chi connectivity index (χ0n) is 11.1. The molecule has 3 nitrogen and oxygen atoms in total. The highest BCUT2D eigenvalue weighted by molar-refractivity contribution is 9.11. The number of fused-ring (bicyclic) bond motifs is 1. The number of para-hydroxylation sites is 1. The van der Waals surface area contributed by atoms with Gasteiger partial charge >= 0.3 is 0 Å². The Morgan fingerprint density at radius 1 is 1.05 bits per heavy atom. The van der Waals surface area contributed by atoms with Gasteiger partial charge in [-0.25, -0.2) is 8.42 Å². The van der Waals surface area contributed by atoms with Crippen LogP contribution in [0.2, 0.25) is 0 Å². The van der Waals surface area contributed by atoms with Crippen molar-refractivity contribution in [1.82, 2.24) is 0 Å². The van der Waals surface area contributed by atoms with Crippen LogP contribution < -0.4 is 4.31 Å². The first-order chi connectivity index (χ1) is 10.00. The number of sulfonamides is 1. The van der Waals surface area contributed by atoms with E-state index in [1.54, 1.807) is 12.1 Å². The van der Waals surface area contributed by atoms with Crippen molar-refractivity contribution < 1.29 is 8.42 Å². The molecule has 2 aromatic carbocycles. The second kappa shape index (κ2) is 5.74. The van der Waals surface area contributed by atoms with Gasteiger partial charge in [-0.15, -0.1) is 0 Å². The molecule has 21 heavy (non-hydrogen) atoms. The smallest absolute Gasteiger partial charge is 0.265 e. The molecule has 0 amide bonds. The summed E-state index contributed by atoms with van der Waals surface area (Å²) in [6.07, 6.45) is 1.75. The summed E-state index contributed by atoms with van der Waals surface area (Å²) in [4.78, 5) is 0.286. The van der Waals surface area contributed by atoms with Crippen LogP contribution in [0.3, 0.4) is 0 Å². The molecule has 0 atom stereocenters. The summed E-state index contributed by atoms with van der Waals surface area (Å²) in [6, 6.07) is 12.9. The zero-order chi connectivity index (χ0) is 15.0. The average molecular weight is 431 g/mol. The van der Waals surface area contributed by atoms with Crippen LogP contribution in [0.15, 0.2) is 56.3 Å². The van der Waals surface area contributed by atoms with Crippen molar-refractivity contribution >= 4 is 47.6 Å². The molecule has 0 N–H and O–H groups in total. The van der Waals surface area contributed by atoms with Gasteiger partial charge in [0.15, 0.2) is 0 Å². The molecule has 3 rings (SSSR count). The van der Waals surface area contributed by atoms with Crippen LogP contribution >= 0.6 is 31.9 Å². The molecule has 0 fully saturated rings. The predicted molar refractivity (Wildman–Crippen MR) is 91.1 cm³/mol. The van der Waals surface area contributed by atoms with E-state index in [4.69, 9.17) is 0 Å². The van der Waals surface area contributed by atoms with Gasteiger partial charge in [-0.2, -0.15) is 0 Å². The van der Waals surface area contributed by atoms with E-state index in [9.17, 15) is 8.42 Å². The number of hydrogen-bond donors (Lipinski definition) is 0. The van der Waals surface area contributed by atoms with Gasteiger partial charge in [0.05, 0.1) is 5.69 Å². The largest absolute Gasteiger partial charge is 0.266 e. The van der Waals surface area contributed by atoms with Crippen LogP contribution in [0, 0.1) is 0 Å². The Kier molecular flexibility index (Phi) is 4.12. The number of rotatable bonds is 2. The molecule has 110 valence electrons. The van der Waals surface area contributed by atoms with Crippen molar-refractivity contribution in [2.75, 3.05) is 10.8 Å². The van der Waals surface area contributed by atoms with Crippen LogP contribution in [0.5, 0.6) is 0 Å². The Balaban J connectivity index is 2.14. The van der Waals surface area contributed by atoms with E-state index in [1.807, 2.05) is 30.3 Å². The van der Waals surface area contributed by atoms with Gasteiger partial charge in [0.2, 0.25) is 0 Å². The molecule has 0 aliphatic carbocycles. The molecule has 0 aromatic heterocycles. The minimum atomic E-state index is -3.57. The lowest BCUT2D eigenvalue weighted by Gasteiger charge is -2.30. The topological polar surface area (TPSA) is 37.4 Å². The molecule has 1 aliphatic heterocycles. The molecule has 1 aliphatic rings. The van der Waals surface area contributed by atoms with E-state index < -0.39 is 10.0 Å². The van der Waals surface area contributed by atoms with E-state index in [0.717, 1.165) is 28.6 Å². The van der Waals surface area contributed by atoms with Crippen molar-refractivity contribution in [2.24, 2.45) is 0 Å². The summed E-state index contributed by atoms with van der Waals surface area (Å²) in [5.41, 5.74) is 1.87. The number of halogens is 2. The van der Waals surface area contributed by atoms with Gasteiger partial charge in [-0.1, -0.05) is 34.1 Å². The molecule has 0 spiro atoms. The molecular formula is C15H13Br2NO2S. The molecular weight excluding hydrogens is 418 g/mol. The standard InChI is InChI=1S/C15H13Br2NO2S/c16-12-7-8-13(17)15(10-12)21(19,20)18-9-3-5-11-4-1-2-6-14(11)18/h1-2,4,6-8,10H,3,5,9H2. The average Bonchev–Trinajstić information content (AvgIpc) is 2.49. The Morgan fingerprint density at radius 3 is 2.62 bits per heavy atom. The fraction of sp³-hybridized carbons (Fsp3) is 0.200.